The van der Waals surface area contributed by atoms with E-state index in [0.29, 0.717) is 6.08 Å². The highest BCUT2D eigenvalue weighted by Crippen LogP contribution is 2.24. The Kier molecular flexibility index (Phi) is 4.58. The van der Waals surface area contributed by atoms with Gasteiger partial charge < -0.3 is 9.47 Å². The molecule has 19 heavy (non-hydrogen) atoms. The van der Waals surface area contributed by atoms with Crippen molar-refractivity contribution in [1.82, 2.24) is 0 Å². The number of benzene rings is 1. The largest absolute Gasteiger partial charge is 0.514 e. The molecule has 0 amide bonds. The number of hydrogen-bond acceptors (Lipinski definition) is 3. The van der Waals surface area contributed by atoms with Crippen molar-refractivity contribution in [3.05, 3.63) is 35.7 Å². The SMILES string of the molecule is CC(C)(C)OC(=O)Oc1cccc(C=C(F)F)c1F. The Balaban J connectivity index is 2.91. The third-order valence-corrected chi connectivity index (χ3v) is 1.84. The van der Waals surface area contributed by atoms with Crippen LogP contribution in [0.4, 0.5) is 18.0 Å². The fourth-order valence-corrected chi connectivity index (χ4v) is 1.20. The van der Waals surface area contributed by atoms with E-state index < -0.39 is 29.4 Å². The van der Waals surface area contributed by atoms with Gasteiger partial charge in [-0.2, -0.15) is 8.78 Å². The molecular formula is C13H13F3O3. The minimum atomic E-state index is -2.05. The second-order valence-corrected chi connectivity index (χ2v) is 4.66. The first-order valence-electron chi connectivity index (χ1n) is 5.41. The normalized spacial score (nSPS) is 10.8. The van der Waals surface area contributed by atoms with Crippen LogP contribution in [0.2, 0.25) is 0 Å². The number of ether oxygens (including phenoxy) is 2. The Bertz CT molecular complexity index is 500. The molecule has 0 fully saturated rings. The number of rotatable bonds is 2. The molecular weight excluding hydrogens is 261 g/mol. The quantitative estimate of drug-likeness (QED) is 0.593. The van der Waals surface area contributed by atoms with E-state index in [1.54, 1.807) is 20.8 Å². The van der Waals surface area contributed by atoms with E-state index in [1.165, 1.54) is 6.07 Å². The van der Waals surface area contributed by atoms with Crippen molar-refractivity contribution in [3.8, 4) is 5.75 Å². The van der Waals surface area contributed by atoms with Gasteiger partial charge in [0.25, 0.3) is 6.08 Å². The first-order valence-corrected chi connectivity index (χ1v) is 5.41. The van der Waals surface area contributed by atoms with Crippen molar-refractivity contribution in [1.29, 1.82) is 0 Å². The summed E-state index contributed by atoms with van der Waals surface area (Å²) in [4.78, 5) is 11.3. The zero-order chi connectivity index (χ0) is 14.6. The van der Waals surface area contributed by atoms with Gasteiger partial charge in [0.15, 0.2) is 11.6 Å². The number of halogens is 3. The molecule has 104 valence electrons. The molecule has 1 aromatic carbocycles. The molecule has 0 aliphatic heterocycles. The molecule has 0 aliphatic rings. The van der Waals surface area contributed by atoms with Gasteiger partial charge in [-0.05, 0) is 26.8 Å². The van der Waals surface area contributed by atoms with Gasteiger partial charge in [-0.25, -0.2) is 9.18 Å². The molecule has 0 spiro atoms. The summed E-state index contributed by atoms with van der Waals surface area (Å²) in [5.74, 6) is -1.52. The second kappa shape index (κ2) is 5.77. The fraction of sp³-hybridized carbons (Fsp3) is 0.308. The molecule has 0 saturated heterocycles. The van der Waals surface area contributed by atoms with Gasteiger partial charge in [-0.3, -0.25) is 0 Å². The number of hydrogen-bond donors (Lipinski definition) is 0. The van der Waals surface area contributed by atoms with E-state index in [4.69, 9.17) is 4.74 Å². The van der Waals surface area contributed by atoms with Crippen LogP contribution in [0, 0.1) is 5.82 Å². The van der Waals surface area contributed by atoms with Crippen LogP contribution in [0.15, 0.2) is 24.3 Å². The topological polar surface area (TPSA) is 35.5 Å². The lowest BCUT2D eigenvalue weighted by Gasteiger charge is -2.18. The molecule has 0 bridgehead atoms. The molecule has 0 radical (unpaired) electrons. The fourth-order valence-electron chi connectivity index (χ4n) is 1.20. The molecule has 6 heteroatoms. The highest BCUT2D eigenvalue weighted by Gasteiger charge is 2.20. The summed E-state index contributed by atoms with van der Waals surface area (Å²) in [6, 6.07) is 3.57. The van der Waals surface area contributed by atoms with Crippen LogP contribution in [0.3, 0.4) is 0 Å². The lowest BCUT2D eigenvalue weighted by molar-refractivity contribution is 0.0198. The predicted octanol–water partition coefficient (Wildman–Crippen LogP) is 4.38. The summed E-state index contributed by atoms with van der Waals surface area (Å²) in [5, 5.41) is 0. The van der Waals surface area contributed by atoms with E-state index in [-0.39, 0.29) is 5.56 Å². The number of carbonyl (C=O) groups is 1. The van der Waals surface area contributed by atoms with Gasteiger partial charge in [0.05, 0.1) is 0 Å². The van der Waals surface area contributed by atoms with Crippen LogP contribution < -0.4 is 4.74 Å². The first kappa shape index (κ1) is 15.1. The summed E-state index contributed by atoms with van der Waals surface area (Å²) >= 11 is 0. The standard InChI is InChI=1S/C13H13F3O3/c1-13(2,3)19-12(17)18-9-6-4-5-8(11(9)16)7-10(14)15/h4-7H,1-3H3. The average Bonchev–Trinajstić information content (AvgIpc) is 2.20. The van der Waals surface area contributed by atoms with Gasteiger partial charge in [-0.15, -0.1) is 0 Å². The van der Waals surface area contributed by atoms with Crippen LogP contribution >= 0.6 is 0 Å². The maximum Gasteiger partial charge on any atom is 0.514 e. The molecule has 0 N–H and O–H groups in total. The van der Waals surface area contributed by atoms with Gasteiger partial charge >= 0.3 is 6.16 Å². The van der Waals surface area contributed by atoms with Crippen molar-refractivity contribution in [2.45, 2.75) is 26.4 Å². The maximum absolute atomic E-state index is 13.7. The molecule has 0 saturated carbocycles. The van der Waals surface area contributed by atoms with Crippen molar-refractivity contribution >= 4 is 12.2 Å². The van der Waals surface area contributed by atoms with Gasteiger partial charge in [-0.1, -0.05) is 12.1 Å². The third kappa shape index (κ3) is 5.03. The highest BCUT2D eigenvalue weighted by molar-refractivity contribution is 5.65. The maximum atomic E-state index is 13.7. The molecule has 1 aromatic rings. The highest BCUT2D eigenvalue weighted by atomic mass is 19.3. The van der Waals surface area contributed by atoms with Crippen LogP contribution in [-0.4, -0.2) is 11.8 Å². The number of carbonyl (C=O) groups excluding carboxylic acids is 1. The van der Waals surface area contributed by atoms with Crippen LogP contribution in [-0.2, 0) is 4.74 Å². The van der Waals surface area contributed by atoms with Gasteiger partial charge in [0.1, 0.15) is 5.60 Å². The zero-order valence-corrected chi connectivity index (χ0v) is 10.7. The summed E-state index contributed by atoms with van der Waals surface area (Å²) < 4.78 is 47.3. The lowest BCUT2D eigenvalue weighted by Crippen LogP contribution is -2.26. The summed E-state index contributed by atoms with van der Waals surface area (Å²) in [6.45, 7) is 4.84. The summed E-state index contributed by atoms with van der Waals surface area (Å²) in [7, 11) is 0. The monoisotopic (exact) mass is 274 g/mol. The molecule has 1 rings (SSSR count). The molecule has 0 heterocycles. The Morgan fingerprint density at radius 2 is 1.89 bits per heavy atom. The van der Waals surface area contributed by atoms with E-state index >= 15 is 0 Å². The van der Waals surface area contributed by atoms with Crippen molar-refractivity contribution < 1.29 is 27.4 Å². The van der Waals surface area contributed by atoms with Crippen LogP contribution in [0.5, 0.6) is 5.75 Å². The molecule has 0 aromatic heterocycles. The lowest BCUT2D eigenvalue weighted by atomic mass is 10.2. The van der Waals surface area contributed by atoms with E-state index in [0.717, 1.165) is 12.1 Å². The zero-order valence-electron chi connectivity index (χ0n) is 10.7. The molecule has 3 nitrogen and oxygen atoms in total. The smallest absolute Gasteiger partial charge is 0.428 e. The van der Waals surface area contributed by atoms with Crippen LogP contribution in [0.25, 0.3) is 6.08 Å². The van der Waals surface area contributed by atoms with Gasteiger partial charge in [0.2, 0.25) is 0 Å². The predicted molar refractivity (Wildman–Crippen MR) is 63.5 cm³/mol. The molecule has 0 atom stereocenters. The van der Waals surface area contributed by atoms with E-state index in [9.17, 15) is 18.0 Å². The Morgan fingerprint density at radius 3 is 2.42 bits per heavy atom. The van der Waals surface area contributed by atoms with E-state index in [1.807, 2.05) is 0 Å². The third-order valence-electron chi connectivity index (χ3n) is 1.84. The minimum Gasteiger partial charge on any atom is -0.428 e. The summed E-state index contributed by atoms with van der Waals surface area (Å²) in [5.41, 5.74) is -1.17. The van der Waals surface area contributed by atoms with Crippen molar-refractivity contribution in [3.63, 3.8) is 0 Å². The Labute approximate surface area is 108 Å². The Hall–Kier alpha value is -1.98. The molecule has 0 aliphatic carbocycles. The van der Waals surface area contributed by atoms with Gasteiger partial charge in [0, 0.05) is 11.6 Å². The average molecular weight is 274 g/mol. The van der Waals surface area contributed by atoms with Crippen LogP contribution in [0.1, 0.15) is 26.3 Å². The van der Waals surface area contributed by atoms with Crippen molar-refractivity contribution in [2.75, 3.05) is 0 Å². The van der Waals surface area contributed by atoms with E-state index in [2.05, 4.69) is 4.74 Å². The summed E-state index contributed by atoms with van der Waals surface area (Å²) in [6.07, 6.45) is -2.81. The second-order valence-electron chi connectivity index (χ2n) is 4.66. The first-order chi connectivity index (χ1) is 8.69. The molecule has 0 unspecified atom stereocenters. The van der Waals surface area contributed by atoms with Crippen molar-refractivity contribution in [2.24, 2.45) is 0 Å². The minimum absolute atomic E-state index is 0.345. The Morgan fingerprint density at radius 1 is 1.26 bits per heavy atom.